The van der Waals surface area contributed by atoms with Gasteiger partial charge in [0.25, 0.3) is 5.91 Å². The summed E-state index contributed by atoms with van der Waals surface area (Å²) in [6.07, 6.45) is 1.87. The molecule has 0 radical (unpaired) electrons. The SMILES string of the molecule is O=C(Nc1nnc(CCSCCc2nnc(CC(=O)C3Cc4cc(Br)ccc4O3)s2)s1)c1cc2cc(Br)ccc2o1. The molecule has 210 valence electrons. The van der Waals surface area contributed by atoms with Crippen molar-refractivity contribution in [2.75, 3.05) is 16.8 Å². The number of aryl methyl sites for hydroxylation is 2. The molecule has 9 nitrogen and oxygen atoms in total. The number of anilines is 1. The molecule has 0 fully saturated rings. The van der Waals surface area contributed by atoms with Crippen LogP contribution in [-0.2, 0) is 30.5 Å². The molecular formula is C27H21Br2N5O4S3. The van der Waals surface area contributed by atoms with Crippen LogP contribution >= 0.6 is 66.3 Å². The number of halogens is 2. The molecule has 0 saturated heterocycles. The first-order chi connectivity index (χ1) is 19.9. The third-order valence-corrected chi connectivity index (χ3v) is 10.1. The normalized spacial score (nSPS) is 14.2. The van der Waals surface area contributed by atoms with Gasteiger partial charge >= 0.3 is 0 Å². The minimum Gasteiger partial charge on any atom is -0.482 e. The lowest BCUT2D eigenvalue weighted by Crippen LogP contribution is -2.26. The van der Waals surface area contributed by atoms with Gasteiger partial charge in [-0.3, -0.25) is 14.9 Å². The molecule has 3 aromatic heterocycles. The largest absolute Gasteiger partial charge is 0.482 e. The van der Waals surface area contributed by atoms with Crippen molar-refractivity contribution in [3.63, 3.8) is 0 Å². The molecule has 0 spiro atoms. The summed E-state index contributed by atoms with van der Waals surface area (Å²) in [5.41, 5.74) is 1.68. The molecule has 1 aliphatic rings. The molecule has 1 amide bonds. The third kappa shape index (κ3) is 7.05. The zero-order valence-corrected chi connectivity index (χ0v) is 26.9. The number of ether oxygens (including phenoxy) is 1. The lowest BCUT2D eigenvalue weighted by atomic mass is 10.1. The maximum absolute atomic E-state index is 12.8. The number of hydrogen-bond donors (Lipinski definition) is 1. The Morgan fingerprint density at radius 3 is 2.51 bits per heavy atom. The fourth-order valence-corrected chi connectivity index (χ4v) is 7.74. The summed E-state index contributed by atoms with van der Waals surface area (Å²) in [7, 11) is 0. The summed E-state index contributed by atoms with van der Waals surface area (Å²) >= 11 is 11.5. The summed E-state index contributed by atoms with van der Waals surface area (Å²) in [5.74, 6) is 2.39. The van der Waals surface area contributed by atoms with Gasteiger partial charge in [-0.1, -0.05) is 43.2 Å². The lowest BCUT2D eigenvalue weighted by molar-refractivity contribution is -0.124. The Bertz CT molecular complexity index is 1740. The highest BCUT2D eigenvalue weighted by atomic mass is 79.9. The fourth-order valence-electron chi connectivity index (χ4n) is 4.23. The second-order valence-electron chi connectivity index (χ2n) is 9.16. The molecule has 2 aromatic carbocycles. The number of nitrogens with one attached hydrogen (secondary N) is 1. The highest BCUT2D eigenvalue weighted by Crippen LogP contribution is 2.32. The van der Waals surface area contributed by atoms with Gasteiger partial charge in [0.2, 0.25) is 5.13 Å². The van der Waals surface area contributed by atoms with Crippen LogP contribution in [0.3, 0.4) is 0 Å². The molecule has 4 heterocycles. The van der Waals surface area contributed by atoms with Crippen LogP contribution in [0, 0.1) is 0 Å². The molecule has 14 heteroatoms. The monoisotopic (exact) mass is 733 g/mol. The van der Waals surface area contributed by atoms with Crippen LogP contribution in [0.5, 0.6) is 5.75 Å². The van der Waals surface area contributed by atoms with E-state index in [1.54, 1.807) is 17.8 Å². The van der Waals surface area contributed by atoms with Crippen LogP contribution in [0.1, 0.15) is 31.1 Å². The van der Waals surface area contributed by atoms with Crippen LogP contribution in [0.15, 0.2) is 55.8 Å². The number of fused-ring (bicyclic) bond motifs is 2. The molecule has 0 aliphatic carbocycles. The van der Waals surface area contributed by atoms with E-state index in [2.05, 4.69) is 57.6 Å². The van der Waals surface area contributed by atoms with Gasteiger partial charge in [-0.05, 0) is 59.5 Å². The summed E-state index contributed by atoms with van der Waals surface area (Å²) in [6.45, 7) is 0. The summed E-state index contributed by atoms with van der Waals surface area (Å²) < 4.78 is 13.4. The predicted molar refractivity (Wildman–Crippen MR) is 167 cm³/mol. The first-order valence-electron chi connectivity index (χ1n) is 12.6. The van der Waals surface area contributed by atoms with Crippen LogP contribution < -0.4 is 10.1 Å². The Kier molecular flexibility index (Phi) is 8.81. The molecule has 1 unspecified atom stereocenters. The van der Waals surface area contributed by atoms with Crippen molar-refractivity contribution in [2.24, 2.45) is 0 Å². The second kappa shape index (κ2) is 12.7. The average Bonchev–Trinajstić information content (AvgIpc) is 3.74. The van der Waals surface area contributed by atoms with E-state index in [1.165, 1.54) is 22.7 Å². The summed E-state index contributed by atoms with van der Waals surface area (Å²) in [5, 5.41) is 23.3. The maximum Gasteiger partial charge on any atom is 0.293 e. The van der Waals surface area contributed by atoms with Gasteiger partial charge in [0.15, 0.2) is 17.6 Å². The van der Waals surface area contributed by atoms with Gasteiger partial charge in [-0.25, -0.2) is 0 Å². The minimum atomic E-state index is -0.468. The maximum atomic E-state index is 12.8. The number of nitrogens with zero attached hydrogens (tertiary/aromatic N) is 4. The van der Waals surface area contributed by atoms with Gasteiger partial charge in [-0.2, -0.15) is 11.8 Å². The first kappa shape index (κ1) is 28.5. The smallest absolute Gasteiger partial charge is 0.293 e. The quantitative estimate of drug-likeness (QED) is 0.151. The number of carbonyl (C=O) groups excluding carboxylic acids is 2. The second-order valence-corrected chi connectivity index (χ2v) is 14.4. The van der Waals surface area contributed by atoms with Gasteiger partial charge < -0.3 is 9.15 Å². The molecule has 0 saturated carbocycles. The van der Waals surface area contributed by atoms with Gasteiger partial charge in [0.1, 0.15) is 26.4 Å². The fraction of sp³-hybridized carbons (Fsp3) is 0.259. The number of amides is 1. The van der Waals surface area contributed by atoms with E-state index in [4.69, 9.17) is 9.15 Å². The highest BCUT2D eigenvalue weighted by Gasteiger charge is 2.29. The number of furan rings is 1. The number of aromatic nitrogens is 4. The molecule has 1 aliphatic heterocycles. The zero-order chi connectivity index (χ0) is 28.3. The number of Topliss-reactive ketones (excluding diaryl/α,β-unsaturated/α-hetero) is 1. The van der Waals surface area contributed by atoms with Gasteiger partial charge in [-0.15, -0.1) is 31.7 Å². The number of thioether (sulfide) groups is 1. The van der Waals surface area contributed by atoms with Crippen LogP contribution in [0.4, 0.5) is 5.13 Å². The molecular weight excluding hydrogens is 714 g/mol. The molecule has 1 N–H and O–H groups in total. The minimum absolute atomic E-state index is 0.0212. The van der Waals surface area contributed by atoms with Crippen molar-refractivity contribution in [2.45, 2.75) is 31.8 Å². The van der Waals surface area contributed by atoms with Crippen molar-refractivity contribution in [3.8, 4) is 5.75 Å². The van der Waals surface area contributed by atoms with E-state index in [0.29, 0.717) is 17.1 Å². The van der Waals surface area contributed by atoms with E-state index in [9.17, 15) is 9.59 Å². The van der Waals surface area contributed by atoms with Crippen LogP contribution in [0.25, 0.3) is 11.0 Å². The van der Waals surface area contributed by atoms with Crippen molar-refractivity contribution in [3.05, 3.63) is 77.8 Å². The van der Waals surface area contributed by atoms with E-state index < -0.39 is 6.10 Å². The Balaban J connectivity index is 0.907. The standard InChI is InChI=1S/C27H21Br2N5O4S3/c28-16-1-3-19-14(9-16)11-21(37-19)18(35)13-25-33-31-23(40-25)5-7-39-8-6-24-32-34-27(41-24)30-26(36)22-12-15-10-17(29)2-4-20(15)38-22/h1-4,9-10,12,21H,5-8,11,13H2,(H,30,34,36). The summed E-state index contributed by atoms with van der Waals surface area (Å²) in [6, 6.07) is 13.1. The van der Waals surface area contributed by atoms with Gasteiger partial charge in [0, 0.05) is 33.6 Å². The number of carbonyl (C=O) groups is 2. The third-order valence-electron chi connectivity index (χ3n) is 6.20. The predicted octanol–water partition coefficient (Wildman–Crippen LogP) is 6.55. The van der Waals surface area contributed by atoms with Crippen molar-refractivity contribution in [1.29, 1.82) is 0 Å². The van der Waals surface area contributed by atoms with Crippen molar-refractivity contribution < 1.29 is 18.7 Å². The van der Waals surface area contributed by atoms with Crippen LogP contribution in [-0.4, -0.2) is 49.7 Å². The Morgan fingerprint density at radius 1 is 0.927 bits per heavy atom. The average molecular weight is 736 g/mol. The Labute approximate surface area is 263 Å². The molecule has 41 heavy (non-hydrogen) atoms. The van der Waals surface area contributed by atoms with Gasteiger partial charge in [0.05, 0.1) is 6.42 Å². The highest BCUT2D eigenvalue weighted by molar-refractivity contribution is 9.10. The number of ketones is 1. The summed E-state index contributed by atoms with van der Waals surface area (Å²) in [4.78, 5) is 25.3. The molecule has 0 bridgehead atoms. The molecule has 6 rings (SSSR count). The number of hydrogen-bond acceptors (Lipinski definition) is 11. The number of benzene rings is 2. The lowest BCUT2D eigenvalue weighted by Gasteiger charge is -2.07. The van der Waals surface area contributed by atoms with E-state index in [1.807, 2.05) is 36.4 Å². The molecule has 5 aromatic rings. The van der Waals surface area contributed by atoms with E-state index >= 15 is 0 Å². The van der Waals surface area contributed by atoms with Crippen LogP contribution in [0.2, 0.25) is 0 Å². The zero-order valence-electron chi connectivity index (χ0n) is 21.3. The topological polar surface area (TPSA) is 120 Å². The van der Waals surface area contributed by atoms with Crippen molar-refractivity contribution >= 4 is 94.1 Å². The molecule has 1 atom stereocenters. The number of rotatable bonds is 11. The Hall–Kier alpha value is -2.65. The first-order valence-corrected chi connectivity index (χ1v) is 17.0. The van der Waals surface area contributed by atoms with E-state index in [0.717, 1.165) is 65.0 Å². The van der Waals surface area contributed by atoms with Crippen molar-refractivity contribution in [1.82, 2.24) is 20.4 Å². The Morgan fingerprint density at radius 2 is 1.66 bits per heavy atom. The van der Waals surface area contributed by atoms with E-state index in [-0.39, 0.29) is 23.9 Å².